The molecule has 3 heterocycles. The Labute approximate surface area is 374 Å². The molecule has 0 radical (unpaired) electrons. The van der Waals surface area contributed by atoms with E-state index in [4.69, 9.17) is 34.3 Å². The average molecular weight is 833 g/mol. The number of nitrogens with zero attached hydrogens (tertiary/aromatic N) is 6. The van der Waals surface area contributed by atoms with E-state index in [0.29, 0.717) is 34.9 Å². The van der Waals surface area contributed by atoms with E-state index in [1.54, 1.807) is 0 Å². The first-order valence-corrected chi connectivity index (χ1v) is 21.8. The van der Waals surface area contributed by atoms with Crippen LogP contribution >= 0.6 is 0 Å². The highest BCUT2D eigenvalue weighted by Crippen LogP contribution is 2.56. The van der Waals surface area contributed by atoms with Gasteiger partial charge in [0.05, 0.1) is 0 Å². The fourth-order valence-corrected chi connectivity index (χ4v) is 9.78. The van der Waals surface area contributed by atoms with Gasteiger partial charge >= 0.3 is 0 Å². The van der Waals surface area contributed by atoms with E-state index < -0.39 is 0 Å². The van der Waals surface area contributed by atoms with E-state index in [-0.39, 0.29) is 11.8 Å². The molecule has 0 spiro atoms. The molecule has 304 valence electrons. The van der Waals surface area contributed by atoms with Gasteiger partial charge in [-0.05, 0) is 57.6 Å². The molecule has 3 aliphatic rings. The van der Waals surface area contributed by atoms with Gasteiger partial charge in [-0.3, -0.25) is 0 Å². The molecule has 2 atom stereocenters. The predicted molar refractivity (Wildman–Crippen MR) is 256 cm³/mol. The molecule has 3 aliphatic carbocycles. The second-order valence-corrected chi connectivity index (χ2v) is 16.6. The Morgan fingerprint density at radius 2 is 0.662 bits per heavy atom. The zero-order valence-electron chi connectivity index (χ0n) is 34.9. The zero-order chi connectivity index (χ0) is 42.8. The molecule has 7 heteroatoms. The lowest BCUT2D eigenvalue weighted by molar-refractivity contribution is 0.631. The number of rotatable bonds is 7. The second-order valence-electron chi connectivity index (χ2n) is 16.6. The highest BCUT2D eigenvalue weighted by atomic mass is 16.3. The largest absolute Gasteiger partial charge is 0.456 e. The molecule has 0 saturated heterocycles. The van der Waals surface area contributed by atoms with Crippen molar-refractivity contribution >= 4 is 11.0 Å². The lowest BCUT2D eigenvalue weighted by atomic mass is 9.61. The van der Waals surface area contributed by atoms with Crippen molar-refractivity contribution in [2.75, 3.05) is 0 Å². The molecule has 0 aliphatic heterocycles. The van der Waals surface area contributed by atoms with Crippen molar-refractivity contribution in [1.82, 2.24) is 29.9 Å². The molecular formula is C58H36N6O. The third-order valence-corrected chi connectivity index (χ3v) is 12.8. The summed E-state index contributed by atoms with van der Waals surface area (Å²) in [6, 6.07) is 71.1. The van der Waals surface area contributed by atoms with Gasteiger partial charge in [0.1, 0.15) is 11.3 Å². The van der Waals surface area contributed by atoms with Crippen LogP contribution in [0, 0.1) is 0 Å². The lowest BCUT2D eigenvalue weighted by Crippen LogP contribution is -2.27. The number of hydrogen-bond acceptors (Lipinski definition) is 7. The Morgan fingerprint density at radius 3 is 1.15 bits per heavy atom. The summed E-state index contributed by atoms with van der Waals surface area (Å²) in [5.41, 5.74) is 15.0. The fraction of sp³-hybridized carbons (Fsp3) is 0.0345. The number of para-hydroxylation sites is 1. The quantitative estimate of drug-likeness (QED) is 0.158. The summed E-state index contributed by atoms with van der Waals surface area (Å²) in [6.07, 6.45) is 0. The van der Waals surface area contributed by atoms with Gasteiger partial charge in [-0.15, -0.1) is 0 Å². The molecule has 65 heavy (non-hydrogen) atoms. The normalized spacial score (nSPS) is 14.5. The van der Waals surface area contributed by atoms with Gasteiger partial charge in [0, 0.05) is 56.2 Å². The van der Waals surface area contributed by atoms with Gasteiger partial charge in [-0.1, -0.05) is 182 Å². The smallest absolute Gasteiger partial charge is 0.164 e. The summed E-state index contributed by atoms with van der Waals surface area (Å²) in [5, 5.41) is 1.04. The Hall–Kier alpha value is -8.68. The molecule has 7 nitrogen and oxygen atoms in total. The summed E-state index contributed by atoms with van der Waals surface area (Å²) in [5.74, 6) is 4.53. The topological polar surface area (TPSA) is 90.5 Å². The monoisotopic (exact) mass is 832 g/mol. The van der Waals surface area contributed by atoms with Crippen molar-refractivity contribution in [3.8, 4) is 79.7 Å². The third-order valence-electron chi connectivity index (χ3n) is 12.8. The maximum absolute atomic E-state index is 6.39. The Bertz CT molecular complexity index is 3530. The minimum Gasteiger partial charge on any atom is -0.456 e. The van der Waals surface area contributed by atoms with Gasteiger partial charge in [-0.25, -0.2) is 29.9 Å². The van der Waals surface area contributed by atoms with Crippen LogP contribution in [0.1, 0.15) is 45.2 Å². The molecule has 8 aromatic carbocycles. The molecule has 2 unspecified atom stereocenters. The van der Waals surface area contributed by atoms with Gasteiger partial charge in [0.15, 0.2) is 34.9 Å². The molecule has 3 aromatic heterocycles. The highest BCUT2D eigenvalue weighted by molar-refractivity contribution is 5.87. The minimum absolute atomic E-state index is 0.0111. The fourth-order valence-electron chi connectivity index (χ4n) is 9.78. The number of benzene rings is 8. The van der Waals surface area contributed by atoms with E-state index in [9.17, 15) is 0 Å². The van der Waals surface area contributed by atoms with Gasteiger partial charge in [0.25, 0.3) is 0 Å². The van der Waals surface area contributed by atoms with E-state index in [2.05, 4.69) is 84.9 Å². The van der Waals surface area contributed by atoms with E-state index in [1.807, 2.05) is 121 Å². The lowest BCUT2D eigenvalue weighted by Gasteiger charge is -2.42. The standard InChI is InChI=1S/C58H36N6O/c1-4-16-35(17-5-1)53-59-54(36-18-6-2-7-19-36)61-56(60-53)39-28-30-44-47(32-39)51-42-24-12-13-25-43(42)52(44)48-33-40(29-31-45(48)51)57-62-55(37-20-8-3-9-21-37)63-58(64-57)46-26-14-11-23-41(46)50-34-38-22-10-15-27-49(38)65-50/h1-34,51-52H. The Morgan fingerprint density at radius 1 is 0.277 bits per heavy atom. The molecule has 0 N–H and O–H groups in total. The van der Waals surface area contributed by atoms with Crippen LogP contribution < -0.4 is 0 Å². The predicted octanol–water partition coefficient (Wildman–Crippen LogP) is 13.5. The summed E-state index contributed by atoms with van der Waals surface area (Å²) >= 11 is 0. The Balaban J connectivity index is 0.941. The summed E-state index contributed by atoms with van der Waals surface area (Å²) in [4.78, 5) is 30.7. The van der Waals surface area contributed by atoms with Crippen LogP contribution in [0.5, 0.6) is 0 Å². The van der Waals surface area contributed by atoms with E-state index in [1.165, 1.54) is 33.4 Å². The summed E-state index contributed by atoms with van der Waals surface area (Å²) in [7, 11) is 0. The molecule has 2 bridgehead atoms. The first-order chi connectivity index (χ1) is 32.2. The van der Waals surface area contributed by atoms with Gasteiger partial charge in [-0.2, -0.15) is 0 Å². The summed E-state index contributed by atoms with van der Waals surface area (Å²) < 4.78 is 6.39. The zero-order valence-corrected chi connectivity index (χ0v) is 34.9. The van der Waals surface area contributed by atoms with Crippen molar-refractivity contribution in [3.63, 3.8) is 0 Å². The highest BCUT2D eigenvalue weighted by Gasteiger charge is 2.41. The van der Waals surface area contributed by atoms with Crippen LogP contribution in [-0.2, 0) is 0 Å². The molecule has 14 rings (SSSR count). The van der Waals surface area contributed by atoms with Gasteiger partial charge < -0.3 is 4.42 Å². The van der Waals surface area contributed by atoms with Crippen LogP contribution in [0.15, 0.2) is 211 Å². The molecule has 0 saturated carbocycles. The third kappa shape index (κ3) is 6.27. The second kappa shape index (κ2) is 15.0. The maximum Gasteiger partial charge on any atom is 0.164 e. The van der Waals surface area contributed by atoms with Crippen LogP contribution in [-0.4, -0.2) is 29.9 Å². The number of aromatic nitrogens is 6. The van der Waals surface area contributed by atoms with Crippen LogP contribution in [0.25, 0.3) is 90.6 Å². The van der Waals surface area contributed by atoms with E-state index >= 15 is 0 Å². The van der Waals surface area contributed by atoms with Crippen molar-refractivity contribution in [2.24, 2.45) is 0 Å². The van der Waals surface area contributed by atoms with Crippen LogP contribution in [0.2, 0.25) is 0 Å². The Kier molecular flexibility index (Phi) is 8.52. The summed E-state index contributed by atoms with van der Waals surface area (Å²) in [6.45, 7) is 0. The maximum atomic E-state index is 6.39. The van der Waals surface area contributed by atoms with Crippen LogP contribution in [0.3, 0.4) is 0 Å². The van der Waals surface area contributed by atoms with Crippen molar-refractivity contribution in [1.29, 1.82) is 0 Å². The number of furan rings is 1. The van der Waals surface area contributed by atoms with Crippen molar-refractivity contribution in [2.45, 2.75) is 11.8 Å². The number of fused-ring (bicyclic) bond motifs is 1. The molecule has 11 aromatic rings. The minimum atomic E-state index is 0.0111. The average Bonchev–Trinajstić information content (AvgIpc) is 3.83. The van der Waals surface area contributed by atoms with Gasteiger partial charge in [0.2, 0.25) is 0 Å². The SMILES string of the molecule is c1ccc(-c2nc(-c3ccccc3)nc(-c3ccc4c(c3)C3c5ccccc5C4c4cc(-c5nc(-c6ccccc6)nc(-c6ccccc6-c6cc7ccccc7o6)n5)ccc43)n2)cc1. The van der Waals surface area contributed by atoms with Crippen molar-refractivity contribution < 1.29 is 4.42 Å². The first-order valence-electron chi connectivity index (χ1n) is 21.8. The van der Waals surface area contributed by atoms with Crippen molar-refractivity contribution in [3.05, 3.63) is 240 Å². The molecular weight excluding hydrogens is 797 g/mol. The van der Waals surface area contributed by atoms with Crippen LogP contribution in [0.4, 0.5) is 0 Å². The molecule has 0 amide bonds. The van der Waals surface area contributed by atoms with E-state index in [0.717, 1.165) is 55.7 Å². The first kappa shape index (κ1) is 36.9. The molecule has 0 fully saturated rings. The number of hydrogen-bond donors (Lipinski definition) is 0.